The highest BCUT2D eigenvalue weighted by molar-refractivity contribution is 5.64. The number of allylic oxidation sites excluding steroid dienone is 2. The molecule has 0 spiro atoms. The average Bonchev–Trinajstić information content (AvgIpc) is 2.35. The third-order valence-corrected chi connectivity index (χ3v) is 2.91. The summed E-state index contributed by atoms with van der Waals surface area (Å²) >= 11 is 0. The molecular formula is C16H26O. The van der Waals surface area contributed by atoms with E-state index in [4.69, 9.17) is 6.42 Å². The SMILES string of the molecule is C#CCCCCCCCCCCCC=CC=O. The van der Waals surface area contributed by atoms with E-state index >= 15 is 0 Å². The summed E-state index contributed by atoms with van der Waals surface area (Å²) in [6, 6.07) is 0. The van der Waals surface area contributed by atoms with E-state index in [2.05, 4.69) is 5.92 Å². The molecule has 1 heteroatoms. The second kappa shape index (κ2) is 15.0. The first-order chi connectivity index (χ1) is 8.41. The lowest BCUT2D eigenvalue weighted by Gasteiger charge is -2.00. The molecule has 0 fully saturated rings. The molecule has 96 valence electrons. The molecular weight excluding hydrogens is 208 g/mol. The molecule has 0 aliphatic heterocycles. The van der Waals surface area contributed by atoms with Crippen molar-refractivity contribution in [3.05, 3.63) is 12.2 Å². The summed E-state index contributed by atoms with van der Waals surface area (Å²) in [6.45, 7) is 0. The Morgan fingerprint density at radius 2 is 1.35 bits per heavy atom. The van der Waals surface area contributed by atoms with Crippen molar-refractivity contribution in [2.45, 2.75) is 70.6 Å². The van der Waals surface area contributed by atoms with Crippen LogP contribution in [-0.4, -0.2) is 6.29 Å². The molecule has 0 amide bonds. The highest BCUT2D eigenvalue weighted by Gasteiger charge is 1.91. The number of rotatable bonds is 12. The summed E-state index contributed by atoms with van der Waals surface area (Å²) in [6.07, 6.45) is 23.3. The zero-order valence-corrected chi connectivity index (χ0v) is 11.0. The van der Waals surface area contributed by atoms with Crippen molar-refractivity contribution in [1.29, 1.82) is 0 Å². The van der Waals surface area contributed by atoms with Crippen LogP contribution in [0, 0.1) is 12.3 Å². The molecule has 0 aliphatic carbocycles. The van der Waals surface area contributed by atoms with E-state index in [0.29, 0.717) is 0 Å². The lowest BCUT2D eigenvalue weighted by atomic mass is 10.1. The maximum Gasteiger partial charge on any atom is 0.142 e. The van der Waals surface area contributed by atoms with Crippen molar-refractivity contribution in [2.24, 2.45) is 0 Å². The molecule has 0 aromatic heterocycles. The van der Waals surface area contributed by atoms with E-state index in [0.717, 1.165) is 19.1 Å². The van der Waals surface area contributed by atoms with Crippen molar-refractivity contribution >= 4 is 6.29 Å². The van der Waals surface area contributed by atoms with Crippen LogP contribution in [-0.2, 0) is 4.79 Å². The maximum absolute atomic E-state index is 10.0. The Morgan fingerprint density at radius 1 is 0.824 bits per heavy atom. The topological polar surface area (TPSA) is 17.1 Å². The molecule has 0 heterocycles. The monoisotopic (exact) mass is 234 g/mol. The number of aldehydes is 1. The molecule has 0 saturated carbocycles. The Bertz CT molecular complexity index is 222. The Labute approximate surface area is 107 Å². The third kappa shape index (κ3) is 15.0. The van der Waals surface area contributed by atoms with E-state index in [-0.39, 0.29) is 0 Å². The summed E-state index contributed by atoms with van der Waals surface area (Å²) in [4.78, 5) is 10.0. The Kier molecular flexibility index (Phi) is 14.1. The van der Waals surface area contributed by atoms with Gasteiger partial charge in [0, 0.05) is 6.42 Å². The predicted octanol–water partition coefficient (Wildman–Crippen LogP) is 4.67. The first kappa shape index (κ1) is 16.0. The molecule has 0 radical (unpaired) electrons. The first-order valence-electron chi connectivity index (χ1n) is 6.95. The van der Waals surface area contributed by atoms with Crippen LogP contribution in [0.25, 0.3) is 0 Å². The standard InChI is InChI=1S/C16H26O/c1-2-3-4-5-6-7-8-9-10-11-12-13-14-15-16-17/h1,14-16H,3-13H2. The number of carbonyl (C=O) groups excluding carboxylic acids is 1. The minimum absolute atomic E-state index is 0.847. The molecule has 1 nitrogen and oxygen atoms in total. The fourth-order valence-corrected chi connectivity index (χ4v) is 1.88. The predicted molar refractivity (Wildman–Crippen MR) is 74.8 cm³/mol. The van der Waals surface area contributed by atoms with E-state index < -0.39 is 0 Å². The van der Waals surface area contributed by atoms with Gasteiger partial charge in [-0.1, -0.05) is 51.0 Å². The van der Waals surface area contributed by atoms with Gasteiger partial charge < -0.3 is 0 Å². The van der Waals surface area contributed by atoms with Crippen molar-refractivity contribution in [3.63, 3.8) is 0 Å². The van der Waals surface area contributed by atoms with Crippen molar-refractivity contribution < 1.29 is 4.79 Å². The number of hydrogen-bond acceptors (Lipinski definition) is 1. The Morgan fingerprint density at radius 3 is 1.88 bits per heavy atom. The molecule has 0 aliphatic rings. The second-order valence-corrected chi connectivity index (χ2v) is 4.49. The van der Waals surface area contributed by atoms with E-state index in [9.17, 15) is 4.79 Å². The summed E-state index contributed by atoms with van der Waals surface area (Å²) in [5, 5.41) is 0. The van der Waals surface area contributed by atoms with E-state index in [1.54, 1.807) is 6.08 Å². The zero-order valence-electron chi connectivity index (χ0n) is 11.0. The van der Waals surface area contributed by atoms with Crippen molar-refractivity contribution in [3.8, 4) is 12.3 Å². The van der Waals surface area contributed by atoms with Crippen LogP contribution in [0.1, 0.15) is 70.6 Å². The molecule has 17 heavy (non-hydrogen) atoms. The van der Waals surface area contributed by atoms with Gasteiger partial charge in [-0.05, 0) is 25.3 Å². The number of hydrogen-bond donors (Lipinski definition) is 0. The van der Waals surface area contributed by atoms with E-state index in [1.165, 1.54) is 57.8 Å². The molecule has 0 unspecified atom stereocenters. The highest BCUT2D eigenvalue weighted by Crippen LogP contribution is 2.11. The van der Waals surface area contributed by atoms with Crippen LogP contribution in [0.2, 0.25) is 0 Å². The largest absolute Gasteiger partial charge is 0.299 e. The molecule has 0 rings (SSSR count). The van der Waals surface area contributed by atoms with Gasteiger partial charge in [-0.15, -0.1) is 12.3 Å². The highest BCUT2D eigenvalue weighted by atomic mass is 16.1. The molecule has 0 aromatic carbocycles. The smallest absolute Gasteiger partial charge is 0.142 e. The summed E-state index contributed by atoms with van der Waals surface area (Å²) < 4.78 is 0. The summed E-state index contributed by atoms with van der Waals surface area (Å²) in [5.74, 6) is 2.68. The van der Waals surface area contributed by atoms with Gasteiger partial charge in [0.1, 0.15) is 6.29 Å². The van der Waals surface area contributed by atoms with Crippen LogP contribution in [0.4, 0.5) is 0 Å². The van der Waals surface area contributed by atoms with Crippen molar-refractivity contribution in [2.75, 3.05) is 0 Å². The van der Waals surface area contributed by atoms with Gasteiger partial charge in [0.15, 0.2) is 0 Å². The minimum atomic E-state index is 0.847. The fourth-order valence-electron chi connectivity index (χ4n) is 1.88. The zero-order chi connectivity index (χ0) is 12.6. The molecule has 0 N–H and O–H groups in total. The van der Waals surface area contributed by atoms with Gasteiger partial charge >= 0.3 is 0 Å². The molecule has 0 bridgehead atoms. The van der Waals surface area contributed by atoms with Crippen molar-refractivity contribution in [1.82, 2.24) is 0 Å². The van der Waals surface area contributed by atoms with Gasteiger partial charge in [-0.2, -0.15) is 0 Å². The third-order valence-electron chi connectivity index (χ3n) is 2.91. The van der Waals surface area contributed by atoms with Crippen LogP contribution in [0.15, 0.2) is 12.2 Å². The second-order valence-electron chi connectivity index (χ2n) is 4.49. The van der Waals surface area contributed by atoms with Crippen LogP contribution in [0.5, 0.6) is 0 Å². The number of carbonyl (C=O) groups is 1. The van der Waals surface area contributed by atoms with Gasteiger partial charge in [0.05, 0.1) is 0 Å². The minimum Gasteiger partial charge on any atom is -0.299 e. The van der Waals surface area contributed by atoms with Gasteiger partial charge in [-0.25, -0.2) is 0 Å². The van der Waals surface area contributed by atoms with Gasteiger partial charge in [-0.3, -0.25) is 4.79 Å². The molecule has 0 aromatic rings. The summed E-state index contributed by atoms with van der Waals surface area (Å²) in [5.41, 5.74) is 0. The average molecular weight is 234 g/mol. The Hall–Kier alpha value is -1.03. The van der Waals surface area contributed by atoms with Gasteiger partial charge in [0.2, 0.25) is 0 Å². The molecule has 0 saturated heterocycles. The molecule has 0 atom stereocenters. The lowest BCUT2D eigenvalue weighted by molar-refractivity contribution is -0.104. The number of terminal acetylenes is 1. The Balaban J connectivity index is 2.96. The van der Waals surface area contributed by atoms with Crippen LogP contribution < -0.4 is 0 Å². The summed E-state index contributed by atoms with van der Waals surface area (Å²) in [7, 11) is 0. The van der Waals surface area contributed by atoms with E-state index in [1.807, 2.05) is 6.08 Å². The quantitative estimate of drug-likeness (QED) is 0.208. The van der Waals surface area contributed by atoms with Crippen LogP contribution in [0.3, 0.4) is 0 Å². The maximum atomic E-state index is 10.0. The number of unbranched alkanes of at least 4 members (excludes halogenated alkanes) is 10. The first-order valence-corrected chi connectivity index (χ1v) is 6.95. The van der Waals surface area contributed by atoms with Crippen LogP contribution >= 0.6 is 0 Å². The van der Waals surface area contributed by atoms with Gasteiger partial charge in [0.25, 0.3) is 0 Å². The lowest BCUT2D eigenvalue weighted by Crippen LogP contribution is -1.81. The fraction of sp³-hybridized carbons (Fsp3) is 0.688. The normalized spacial score (nSPS) is 10.5.